The number of para-hydroxylation sites is 1. The van der Waals surface area contributed by atoms with Gasteiger partial charge < -0.3 is 9.80 Å². The van der Waals surface area contributed by atoms with Crippen molar-refractivity contribution < 1.29 is 0 Å². The van der Waals surface area contributed by atoms with Crippen LogP contribution < -0.4 is 9.80 Å². The molecule has 3 aliphatic carbocycles. The number of hydrogen-bond donors (Lipinski definition) is 0. The second-order valence-corrected chi connectivity index (χ2v) is 38.1. The second kappa shape index (κ2) is 36.5. The van der Waals surface area contributed by atoms with Crippen molar-refractivity contribution in [2.75, 3.05) is 9.80 Å². The van der Waals surface area contributed by atoms with E-state index in [2.05, 4.69) is 583 Å². The molecule has 2 nitrogen and oxygen atoms in total. The van der Waals surface area contributed by atoms with Crippen LogP contribution in [0.5, 0.6) is 0 Å². The SMILES string of the molecule is CC1(C)c2ccccc2-c2ccc(N(c3ccc(-c4ccccc4)cc3)c3ccccc3-c3ccc4c(c3)C(c3ccccc3)(c3ccccc3)c3c(-c5ccc(-c6ccccc6)cc5)cccc3-4)cc21.Cc1cc(-c2ccc3c(c2)C(c2ccccc2)(c2ccccc2-c2ccccc2)c2cccc(-c4ccccc4)c2-3)c(C)c(N(c2ccc(-c3ccccc3)cc2)c2ccc(-c3ccccc3)cc2)c1. The Morgan fingerprint density at radius 2 is 0.475 bits per heavy atom. The molecule has 141 heavy (non-hydrogen) atoms. The van der Waals surface area contributed by atoms with Gasteiger partial charge in [-0.15, -0.1) is 0 Å². The third-order valence-electron chi connectivity index (χ3n) is 29.8. The highest BCUT2D eigenvalue weighted by Crippen LogP contribution is 2.64. The first-order chi connectivity index (χ1) is 69.5. The molecular formula is C139H102N2. The van der Waals surface area contributed by atoms with E-state index in [0.29, 0.717) is 0 Å². The van der Waals surface area contributed by atoms with Gasteiger partial charge in [-0.2, -0.15) is 0 Å². The first kappa shape index (κ1) is 86.3. The van der Waals surface area contributed by atoms with E-state index in [1.807, 2.05) is 0 Å². The minimum absolute atomic E-state index is 0.153. The second-order valence-electron chi connectivity index (χ2n) is 38.1. The van der Waals surface area contributed by atoms with E-state index >= 15 is 0 Å². The van der Waals surface area contributed by atoms with Crippen molar-refractivity contribution in [3.8, 4) is 134 Å². The maximum absolute atomic E-state index is 2.53. The molecule has 0 amide bonds. The number of nitrogens with zero attached hydrogens (tertiary/aromatic N) is 2. The van der Waals surface area contributed by atoms with Gasteiger partial charge in [0, 0.05) is 39.4 Å². The van der Waals surface area contributed by atoms with Crippen molar-refractivity contribution in [1.29, 1.82) is 0 Å². The summed E-state index contributed by atoms with van der Waals surface area (Å²) < 4.78 is 0. The summed E-state index contributed by atoms with van der Waals surface area (Å²) in [7, 11) is 0. The van der Waals surface area contributed by atoms with Crippen LogP contribution in [0.25, 0.3) is 134 Å². The fourth-order valence-electron chi connectivity index (χ4n) is 23.2. The molecule has 0 saturated heterocycles. The molecule has 0 heterocycles. The number of hydrogen-bond acceptors (Lipinski definition) is 2. The van der Waals surface area contributed by atoms with Crippen LogP contribution in [0.3, 0.4) is 0 Å². The van der Waals surface area contributed by atoms with Crippen LogP contribution in [-0.2, 0) is 16.2 Å². The zero-order chi connectivity index (χ0) is 94.5. The first-order valence-electron chi connectivity index (χ1n) is 49.2. The van der Waals surface area contributed by atoms with E-state index in [-0.39, 0.29) is 5.41 Å². The normalized spacial score (nSPS) is 13.5. The van der Waals surface area contributed by atoms with Gasteiger partial charge >= 0.3 is 0 Å². The molecule has 0 aliphatic heterocycles. The lowest BCUT2D eigenvalue weighted by Crippen LogP contribution is -2.29. The quantitative estimate of drug-likeness (QED) is 0.0796. The third kappa shape index (κ3) is 15.1. The molecule has 1 unspecified atom stereocenters. The fraction of sp³-hybridized carbons (Fsp3) is 0.0504. The van der Waals surface area contributed by atoms with E-state index in [9.17, 15) is 0 Å². The van der Waals surface area contributed by atoms with Gasteiger partial charge in [-0.3, -0.25) is 0 Å². The molecular weight excluding hydrogens is 1700 g/mol. The number of aryl methyl sites for hydroxylation is 1. The van der Waals surface area contributed by atoms with E-state index in [1.165, 1.54) is 189 Å². The van der Waals surface area contributed by atoms with Gasteiger partial charge in [-0.1, -0.05) is 487 Å². The Morgan fingerprint density at radius 1 is 0.163 bits per heavy atom. The highest BCUT2D eigenvalue weighted by molar-refractivity contribution is 6.01. The van der Waals surface area contributed by atoms with Gasteiger partial charge in [-0.25, -0.2) is 0 Å². The summed E-state index contributed by atoms with van der Waals surface area (Å²) in [4.78, 5) is 4.92. The minimum atomic E-state index is -0.646. The molecule has 0 fully saturated rings. The zero-order valence-electron chi connectivity index (χ0n) is 79.4. The monoisotopic (exact) mass is 1800 g/mol. The topological polar surface area (TPSA) is 6.48 Å². The van der Waals surface area contributed by atoms with Crippen molar-refractivity contribution in [2.24, 2.45) is 0 Å². The Kier molecular flexibility index (Phi) is 22.3. The van der Waals surface area contributed by atoms with Crippen LogP contribution in [0, 0.1) is 13.8 Å². The maximum atomic E-state index is 2.53. The van der Waals surface area contributed by atoms with Gasteiger partial charge in [0.05, 0.1) is 16.5 Å². The Morgan fingerprint density at radius 3 is 0.986 bits per heavy atom. The van der Waals surface area contributed by atoms with E-state index in [1.54, 1.807) is 0 Å². The summed E-state index contributed by atoms with van der Waals surface area (Å²) in [5.74, 6) is 0. The molecule has 22 aromatic carbocycles. The highest BCUT2D eigenvalue weighted by atomic mass is 15.2. The lowest BCUT2D eigenvalue weighted by Gasteiger charge is -2.36. The van der Waals surface area contributed by atoms with Crippen molar-refractivity contribution in [3.05, 3.63) is 613 Å². The van der Waals surface area contributed by atoms with Crippen molar-refractivity contribution in [1.82, 2.24) is 0 Å². The van der Waals surface area contributed by atoms with Gasteiger partial charge in [-0.05, 0) is 281 Å². The Hall–Kier alpha value is -17.6. The Balaban J connectivity index is 0.000000153. The van der Waals surface area contributed by atoms with Crippen molar-refractivity contribution in [2.45, 2.75) is 43.9 Å². The molecule has 22 aromatic rings. The van der Waals surface area contributed by atoms with Crippen LogP contribution in [-0.4, -0.2) is 0 Å². The number of benzene rings is 22. The molecule has 25 rings (SSSR count). The smallest absolute Gasteiger partial charge is 0.0719 e. The van der Waals surface area contributed by atoms with Gasteiger partial charge in [0.15, 0.2) is 0 Å². The third-order valence-corrected chi connectivity index (χ3v) is 29.8. The van der Waals surface area contributed by atoms with Crippen LogP contribution in [0.15, 0.2) is 546 Å². The van der Waals surface area contributed by atoms with E-state index in [0.717, 1.165) is 45.3 Å². The highest BCUT2D eigenvalue weighted by Gasteiger charge is 2.51. The van der Waals surface area contributed by atoms with E-state index < -0.39 is 10.8 Å². The largest absolute Gasteiger partial charge is 0.310 e. The summed E-state index contributed by atoms with van der Waals surface area (Å²) in [6, 6.07) is 202. The molecule has 668 valence electrons. The van der Waals surface area contributed by atoms with Crippen molar-refractivity contribution in [3.63, 3.8) is 0 Å². The van der Waals surface area contributed by atoms with Gasteiger partial charge in [0.25, 0.3) is 0 Å². The predicted octanol–water partition coefficient (Wildman–Crippen LogP) is 37.0. The molecule has 0 spiro atoms. The first-order valence-corrected chi connectivity index (χ1v) is 49.2. The van der Waals surface area contributed by atoms with Crippen LogP contribution in [0.4, 0.5) is 34.1 Å². The summed E-state index contributed by atoms with van der Waals surface area (Å²) in [5.41, 5.74) is 49.9. The standard InChI is InChI=1S/C70H51N.C69H51N/c1-69(2)64-32-17-15-29-60(64)61-45-43-57(47-65(61)69)71(56-41-38-51(39-42-56)49-22-9-4-10-23-49)67-33-18-16-28-58(67)53-40-44-62-63-31-19-30-59(52-36-34-50(35-37-52)48-20-7-3-8-21-48)68(63)70(66(62)46-53,54-24-11-5-12-25-54)55-26-13-6-14-27-55;1-48-45-63(49(2)67(46-48)70(58-40-35-52(36-41-58)50-21-8-3-9-22-50)59-42-37-53(38-43-59)51-23-10-4-11-24-51)56-39-44-62-66(47-56)69(57-29-16-7-17-30-57,64-33-19-18-31-60(64)54-25-12-5-13-26-54)65-34-20-32-61(68(62)65)55-27-14-6-15-28-55/h3-47H,1-2H3;3-47H,1-2H3. The number of anilines is 6. The molecule has 0 saturated carbocycles. The fourth-order valence-corrected chi connectivity index (χ4v) is 23.2. The number of fused-ring (bicyclic) bond motifs is 9. The summed E-state index contributed by atoms with van der Waals surface area (Å²) >= 11 is 0. The predicted molar refractivity (Wildman–Crippen MR) is 593 cm³/mol. The molecule has 2 heteroatoms. The Labute approximate surface area is 828 Å². The molecule has 0 N–H and O–H groups in total. The average molecular weight is 1800 g/mol. The zero-order valence-corrected chi connectivity index (χ0v) is 79.4. The minimum Gasteiger partial charge on any atom is -0.310 e. The Bertz CT molecular complexity index is 8230. The molecule has 0 radical (unpaired) electrons. The van der Waals surface area contributed by atoms with Gasteiger partial charge in [0.2, 0.25) is 0 Å². The summed E-state index contributed by atoms with van der Waals surface area (Å²) in [6.07, 6.45) is 0. The van der Waals surface area contributed by atoms with Crippen LogP contribution in [0.2, 0.25) is 0 Å². The van der Waals surface area contributed by atoms with Crippen LogP contribution >= 0.6 is 0 Å². The lowest BCUT2D eigenvalue weighted by atomic mass is 9.65. The van der Waals surface area contributed by atoms with Gasteiger partial charge in [0.1, 0.15) is 0 Å². The molecule has 0 aromatic heterocycles. The molecule has 3 aliphatic rings. The lowest BCUT2D eigenvalue weighted by molar-refractivity contribution is 0.660. The van der Waals surface area contributed by atoms with Crippen LogP contribution in [0.1, 0.15) is 80.6 Å². The average Bonchev–Trinajstić information content (AvgIpc) is 1.30. The van der Waals surface area contributed by atoms with E-state index in [4.69, 9.17) is 0 Å². The maximum Gasteiger partial charge on any atom is 0.0719 e. The molecule has 1 atom stereocenters. The molecule has 0 bridgehead atoms. The summed E-state index contributed by atoms with van der Waals surface area (Å²) in [6.45, 7) is 9.28. The summed E-state index contributed by atoms with van der Waals surface area (Å²) in [5, 5.41) is 0. The number of rotatable bonds is 19. The van der Waals surface area contributed by atoms with Crippen molar-refractivity contribution >= 4 is 34.1 Å².